The number of carbonyl (C=O) groups is 2. The van der Waals surface area contributed by atoms with Crippen molar-refractivity contribution < 1.29 is 24.2 Å². The third kappa shape index (κ3) is 5.32. The molecule has 0 heterocycles. The fraction of sp³-hybridized carbons (Fsp3) is 0.400. The molecule has 0 radical (unpaired) electrons. The van der Waals surface area contributed by atoms with Crippen LogP contribution in [0.15, 0.2) is 18.2 Å². The molecular formula is C15H18N2O5. The van der Waals surface area contributed by atoms with Gasteiger partial charge < -0.3 is 14.6 Å². The van der Waals surface area contributed by atoms with Gasteiger partial charge in [0, 0.05) is 5.56 Å². The summed E-state index contributed by atoms with van der Waals surface area (Å²) in [7, 11) is 0. The minimum Gasteiger partial charge on any atom is -0.507 e. The average molecular weight is 306 g/mol. The highest BCUT2D eigenvalue weighted by Crippen LogP contribution is 2.23. The number of aromatic hydroxyl groups is 1. The fourth-order valence-corrected chi connectivity index (χ4v) is 1.54. The number of hydrogen-bond donors (Lipinski definition) is 2. The Morgan fingerprint density at radius 1 is 1.36 bits per heavy atom. The van der Waals surface area contributed by atoms with Crippen LogP contribution in [0.5, 0.6) is 5.75 Å². The molecule has 0 spiro atoms. The highest BCUT2D eigenvalue weighted by Gasteiger charge is 2.18. The number of ether oxygens (including phenoxy) is 2. The molecule has 0 atom stereocenters. The Morgan fingerprint density at radius 3 is 2.64 bits per heavy atom. The normalized spacial score (nSPS) is 10.5. The Kier molecular flexibility index (Phi) is 5.75. The molecular weight excluding hydrogens is 288 g/mol. The Bertz CT molecular complexity index is 599. The van der Waals surface area contributed by atoms with Crippen molar-refractivity contribution in [2.45, 2.75) is 32.8 Å². The van der Waals surface area contributed by atoms with Gasteiger partial charge in [-0.3, -0.25) is 5.32 Å². The molecule has 1 rings (SSSR count). The first-order valence-electron chi connectivity index (χ1n) is 6.56. The van der Waals surface area contributed by atoms with Crippen LogP contribution in [0.1, 0.15) is 36.7 Å². The second-order valence-corrected chi connectivity index (χ2v) is 5.40. The Labute approximate surface area is 128 Å². The number of hydrogen-bond acceptors (Lipinski definition) is 6. The van der Waals surface area contributed by atoms with Crippen LogP contribution in [-0.2, 0) is 15.9 Å². The summed E-state index contributed by atoms with van der Waals surface area (Å²) in [5.74, 6) is -1.11. The lowest BCUT2D eigenvalue weighted by Crippen LogP contribution is -2.34. The molecule has 118 valence electrons. The van der Waals surface area contributed by atoms with Crippen LogP contribution in [0.4, 0.5) is 4.79 Å². The van der Waals surface area contributed by atoms with Gasteiger partial charge in [-0.2, -0.15) is 5.26 Å². The van der Waals surface area contributed by atoms with E-state index in [2.05, 4.69) is 5.32 Å². The molecule has 1 aromatic carbocycles. The maximum Gasteiger partial charge on any atom is 0.410 e. The summed E-state index contributed by atoms with van der Waals surface area (Å²) in [4.78, 5) is 23.2. The second kappa shape index (κ2) is 7.31. The molecule has 0 unspecified atom stereocenters. The van der Waals surface area contributed by atoms with E-state index in [0.717, 1.165) is 0 Å². The minimum absolute atomic E-state index is 0.0247. The zero-order valence-corrected chi connectivity index (χ0v) is 12.7. The molecule has 0 aliphatic rings. The average Bonchev–Trinajstić information content (AvgIpc) is 2.39. The quantitative estimate of drug-likeness (QED) is 0.651. The number of nitrogens with one attached hydrogen (secondary N) is 1. The second-order valence-electron chi connectivity index (χ2n) is 5.40. The van der Waals surface area contributed by atoms with Crippen LogP contribution in [0.3, 0.4) is 0 Å². The summed E-state index contributed by atoms with van der Waals surface area (Å²) < 4.78 is 9.81. The van der Waals surface area contributed by atoms with E-state index in [1.165, 1.54) is 18.2 Å². The molecule has 0 saturated carbocycles. The van der Waals surface area contributed by atoms with Gasteiger partial charge in [-0.25, -0.2) is 9.59 Å². The number of amides is 1. The standard InChI is InChI=1S/C15H18N2O5/c1-15(2,3)22-14(20)17-9-21-13(19)11-6-4-5-10(7-8-16)12(11)18/h4-6,18H,7,9H2,1-3H3,(H,17,20). The number of nitriles is 1. The molecule has 2 N–H and O–H groups in total. The lowest BCUT2D eigenvalue weighted by Gasteiger charge is -2.19. The van der Waals surface area contributed by atoms with Gasteiger partial charge in [-0.1, -0.05) is 12.1 Å². The zero-order valence-electron chi connectivity index (χ0n) is 12.7. The van der Waals surface area contributed by atoms with Gasteiger partial charge in [-0.15, -0.1) is 0 Å². The predicted octanol–water partition coefficient (Wildman–Crippen LogP) is 2.10. The maximum absolute atomic E-state index is 11.8. The van der Waals surface area contributed by atoms with E-state index in [4.69, 9.17) is 14.7 Å². The van der Waals surface area contributed by atoms with Gasteiger partial charge in [0.2, 0.25) is 0 Å². The van der Waals surface area contributed by atoms with Crippen molar-refractivity contribution in [2.24, 2.45) is 0 Å². The van der Waals surface area contributed by atoms with Crippen molar-refractivity contribution in [3.05, 3.63) is 29.3 Å². The van der Waals surface area contributed by atoms with Gasteiger partial charge >= 0.3 is 12.1 Å². The number of alkyl carbamates (subject to hydrolysis) is 1. The highest BCUT2D eigenvalue weighted by molar-refractivity contribution is 5.93. The lowest BCUT2D eigenvalue weighted by atomic mass is 10.1. The van der Waals surface area contributed by atoms with Crippen molar-refractivity contribution in [2.75, 3.05) is 6.73 Å². The first kappa shape index (κ1) is 17.3. The zero-order chi connectivity index (χ0) is 16.8. The van der Waals surface area contributed by atoms with Gasteiger partial charge in [0.1, 0.15) is 16.9 Å². The fourth-order valence-electron chi connectivity index (χ4n) is 1.54. The van der Waals surface area contributed by atoms with Gasteiger partial charge in [0.15, 0.2) is 6.73 Å². The van der Waals surface area contributed by atoms with Gasteiger partial charge in [-0.05, 0) is 26.8 Å². The summed E-state index contributed by atoms with van der Waals surface area (Å²) in [5.41, 5.74) is -0.395. The van der Waals surface area contributed by atoms with Crippen molar-refractivity contribution in [1.29, 1.82) is 5.26 Å². The number of nitrogens with zero attached hydrogens (tertiary/aromatic N) is 1. The largest absolute Gasteiger partial charge is 0.507 e. The van der Waals surface area contributed by atoms with Crippen molar-refractivity contribution in [3.63, 3.8) is 0 Å². The summed E-state index contributed by atoms with van der Waals surface area (Å²) in [6.07, 6.45) is -0.744. The Morgan fingerprint density at radius 2 is 2.05 bits per heavy atom. The number of benzene rings is 1. The van der Waals surface area contributed by atoms with E-state index in [1.807, 2.05) is 6.07 Å². The first-order chi connectivity index (χ1) is 10.2. The molecule has 0 aliphatic carbocycles. The number of esters is 1. The molecule has 0 saturated heterocycles. The minimum atomic E-state index is -0.812. The highest BCUT2D eigenvalue weighted by atomic mass is 16.6. The van der Waals surface area contributed by atoms with Crippen LogP contribution in [0.25, 0.3) is 0 Å². The van der Waals surface area contributed by atoms with Gasteiger partial charge in [0.05, 0.1) is 12.5 Å². The van der Waals surface area contributed by atoms with E-state index < -0.39 is 24.4 Å². The lowest BCUT2D eigenvalue weighted by molar-refractivity contribution is 0.0339. The molecule has 1 aromatic rings. The first-order valence-corrected chi connectivity index (χ1v) is 6.56. The molecule has 0 aromatic heterocycles. The van der Waals surface area contributed by atoms with Crippen LogP contribution in [0, 0.1) is 11.3 Å². The van der Waals surface area contributed by atoms with Crippen molar-refractivity contribution in [1.82, 2.24) is 5.32 Å². The van der Waals surface area contributed by atoms with E-state index in [9.17, 15) is 14.7 Å². The summed E-state index contributed by atoms with van der Waals surface area (Å²) >= 11 is 0. The number of phenolic OH excluding ortho intramolecular Hbond substituents is 1. The number of carbonyl (C=O) groups excluding carboxylic acids is 2. The van der Waals surface area contributed by atoms with Crippen molar-refractivity contribution in [3.8, 4) is 11.8 Å². The predicted molar refractivity (Wildman–Crippen MR) is 77.1 cm³/mol. The third-order valence-electron chi connectivity index (χ3n) is 2.43. The SMILES string of the molecule is CC(C)(C)OC(=O)NCOC(=O)c1cccc(CC#N)c1O. The smallest absolute Gasteiger partial charge is 0.410 e. The molecule has 0 aliphatic heterocycles. The molecule has 0 bridgehead atoms. The third-order valence-corrected chi connectivity index (χ3v) is 2.43. The molecule has 7 heteroatoms. The Balaban J connectivity index is 2.58. The number of rotatable bonds is 4. The number of phenols is 1. The molecule has 22 heavy (non-hydrogen) atoms. The molecule has 0 fully saturated rings. The van der Waals surface area contributed by atoms with Crippen LogP contribution < -0.4 is 5.32 Å². The van der Waals surface area contributed by atoms with E-state index in [-0.39, 0.29) is 17.7 Å². The number of para-hydroxylation sites is 1. The van der Waals surface area contributed by atoms with E-state index in [1.54, 1.807) is 20.8 Å². The van der Waals surface area contributed by atoms with E-state index >= 15 is 0 Å². The van der Waals surface area contributed by atoms with Gasteiger partial charge in [0.25, 0.3) is 0 Å². The van der Waals surface area contributed by atoms with E-state index in [0.29, 0.717) is 5.56 Å². The summed E-state index contributed by atoms with van der Waals surface area (Å²) in [6, 6.07) is 6.32. The van der Waals surface area contributed by atoms with Crippen LogP contribution >= 0.6 is 0 Å². The summed E-state index contributed by atoms with van der Waals surface area (Å²) in [5, 5.41) is 20.8. The van der Waals surface area contributed by atoms with Crippen molar-refractivity contribution >= 4 is 12.1 Å². The molecule has 7 nitrogen and oxygen atoms in total. The molecule has 1 amide bonds. The summed E-state index contributed by atoms with van der Waals surface area (Å²) in [6.45, 7) is 4.72. The monoisotopic (exact) mass is 306 g/mol. The van der Waals surface area contributed by atoms with Crippen LogP contribution in [0.2, 0.25) is 0 Å². The van der Waals surface area contributed by atoms with Crippen LogP contribution in [-0.4, -0.2) is 29.5 Å². The Hall–Kier alpha value is -2.75. The maximum atomic E-state index is 11.8. The topological polar surface area (TPSA) is 109 Å².